The lowest BCUT2D eigenvalue weighted by molar-refractivity contribution is -0.169. The molecule has 5 rings (SSSR count). The van der Waals surface area contributed by atoms with E-state index >= 15 is 0 Å². The Morgan fingerprint density at radius 3 is 2.44 bits per heavy atom. The molecule has 2 aromatic rings. The van der Waals surface area contributed by atoms with Crippen LogP contribution in [0.15, 0.2) is 36.7 Å². The topological polar surface area (TPSA) is 67.8 Å². The van der Waals surface area contributed by atoms with Gasteiger partial charge in [0.15, 0.2) is 5.79 Å². The minimum absolute atomic E-state index is 0.0446. The molecule has 4 heterocycles. The second kappa shape index (κ2) is 6.58. The molecule has 2 saturated heterocycles. The lowest BCUT2D eigenvalue weighted by Crippen LogP contribution is -2.45. The number of rotatable bonds is 2. The van der Waals surface area contributed by atoms with E-state index in [9.17, 15) is 4.79 Å². The zero-order valence-electron chi connectivity index (χ0n) is 15.1. The SMILES string of the molecule is O=C(c1cnc(N2CCC3(CC2)OCCO3)nc1)N1CCc2ccccc21. The summed E-state index contributed by atoms with van der Waals surface area (Å²) in [4.78, 5) is 25.7. The summed E-state index contributed by atoms with van der Waals surface area (Å²) < 4.78 is 11.5. The Kier molecular flexibility index (Phi) is 4.06. The number of carbonyl (C=O) groups excluding carboxylic acids is 1. The standard InChI is InChI=1S/C20H22N4O3/c25-18(24-8-5-15-3-1-2-4-17(15)24)16-13-21-19(22-14-16)23-9-6-20(7-10-23)26-11-12-27-20/h1-4,13-14H,5-12H2. The van der Waals surface area contributed by atoms with Crippen molar-refractivity contribution in [1.82, 2.24) is 9.97 Å². The average Bonchev–Trinajstić information content (AvgIpc) is 3.36. The Balaban J connectivity index is 1.28. The van der Waals surface area contributed by atoms with Crippen molar-refractivity contribution in [3.8, 4) is 0 Å². The van der Waals surface area contributed by atoms with E-state index in [4.69, 9.17) is 9.47 Å². The zero-order valence-corrected chi connectivity index (χ0v) is 15.1. The van der Waals surface area contributed by atoms with Crippen molar-refractivity contribution in [3.63, 3.8) is 0 Å². The molecule has 3 aliphatic heterocycles. The van der Waals surface area contributed by atoms with Gasteiger partial charge in [0, 0.05) is 50.6 Å². The van der Waals surface area contributed by atoms with Crippen LogP contribution in [-0.2, 0) is 15.9 Å². The molecule has 1 spiro atoms. The number of piperidine rings is 1. The number of anilines is 2. The summed E-state index contributed by atoms with van der Waals surface area (Å²) in [5.74, 6) is 0.202. The molecule has 27 heavy (non-hydrogen) atoms. The number of hydrogen-bond acceptors (Lipinski definition) is 6. The number of ether oxygens (including phenoxy) is 2. The second-order valence-corrected chi connectivity index (χ2v) is 7.20. The Morgan fingerprint density at radius 1 is 1.00 bits per heavy atom. The molecule has 2 fully saturated rings. The van der Waals surface area contributed by atoms with Gasteiger partial charge in [-0.1, -0.05) is 18.2 Å². The minimum atomic E-state index is -0.407. The fourth-order valence-electron chi connectivity index (χ4n) is 4.13. The van der Waals surface area contributed by atoms with Crippen molar-refractivity contribution in [2.45, 2.75) is 25.0 Å². The number of fused-ring (bicyclic) bond motifs is 1. The Bertz CT molecular complexity index is 839. The molecule has 0 atom stereocenters. The van der Waals surface area contributed by atoms with Crippen LogP contribution in [0.3, 0.4) is 0 Å². The van der Waals surface area contributed by atoms with Crippen LogP contribution in [0, 0.1) is 0 Å². The summed E-state index contributed by atoms with van der Waals surface area (Å²) in [5.41, 5.74) is 2.72. The highest BCUT2D eigenvalue weighted by Gasteiger charge is 2.40. The van der Waals surface area contributed by atoms with Crippen LogP contribution in [0.2, 0.25) is 0 Å². The van der Waals surface area contributed by atoms with Gasteiger partial charge in [-0.25, -0.2) is 9.97 Å². The van der Waals surface area contributed by atoms with Gasteiger partial charge in [-0.05, 0) is 18.1 Å². The molecule has 0 N–H and O–H groups in total. The molecule has 0 aliphatic carbocycles. The lowest BCUT2D eigenvalue weighted by Gasteiger charge is -2.37. The summed E-state index contributed by atoms with van der Waals surface area (Å²) in [6.07, 6.45) is 5.78. The molecule has 0 bridgehead atoms. The molecular weight excluding hydrogens is 344 g/mol. The van der Waals surface area contributed by atoms with E-state index in [1.165, 1.54) is 5.56 Å². The maximum Gasteiger partial charge on any atom is 0.261 e. The number of para-hydroxylation sites is 1. The summed E-state index contributed by atoms with van der Waals surface area (Å²) in [6, 6.07) is 8.04. The highest BCUT2D eigenvalue weighted by Crippen LogP contribution is 2.32. The fraction of sp³-hybridized carbons (Fsp3) is 0.450. The summed E-state index contributed by atoms with van der Waals surface area (Å²) in [7, 11) is 0. The van der Waals surface area contributed by atoms with E-state index in [2.05, 4.69) is 20.9 Å². The Morgan fingerprint density at radius 2 is 1.70 bits per heavy atom. The molecule has 1 amide bonds. The van der Waals surface area contributed by atoms with Crippen molar-refractivity contribution in [2.24, 2.45) is 0 Å². The van der Waals surface area contributed by atoms with Gasteiger partial charge in [-0.3, -0.25) is 4.79 Å². The summed E-state index contributed by atoms with van der Waals surface area (Å²) >= 11 is 0. The van der Waals surface area contributed by atoms with E-state index in [-0.39, 0.29) is 5.91 Å². The molecule has 1 aromatic heterocycles. The molecular formula is C20H22N4O3. The van der Waals surface area contributed by atoms with Crippen LogP contribution in [-0.4, -0.2) is 54.5 Å². The maximum absolute atomic E-state index is 12.9. The Labute approximate surface area is 157 Å². The van der Waals surface area contributed by atoms with Crippen LogP contribution < -0.4 is 9.80 Å². The highest BCUT2D eigenvalue weighted by atomic mass is 16.7. The summed E-state index contributed by atoms with van der Waals surface area (Å²) in [6.45, 7) is 3.62. The first-order valence-corrected chi connectivity index (χ1v) is 9.49. The first-order chi connectivity index (χ1) is 13.2. The molecule has 7 nitrogen and oxygen atoms in total. The Hall–Kier alpha value is -2.51. The van der Waals surface area contributed by atoms with Crippen LogP contribution in [0.1, 0.15) is 28.8 Å². The number of carbonyl (C=O) groups is 1. The van der Waals surface area contributed by atoms with Crippen molar-refractivity contribution < 1.29 is 14.3 Å². The van der Waals surface area contributed by atoms with Gasteiger partial charge in [0.25, 0.3) is 5.91 Å². The van der Waals surface area contributed by atoms with Crippen molar-refractivity contribution in [1.29, 1.82) is 0 Å². The zero-order chi connectivity index (χ0) is 18.3. The number of amides is 1. The summed E-state index contributed by atoms with van der Waals surface area (Å²) in [5, 5.41) is 0. The predicted molar refractivity (Wildman–Crippen MR) is 99.9 cm³/mol. The van der Waals surface area contributed by atoms with Crippen LogP contribution in [0.5, 0.6) is 0 Å². The monoisotopic (exact) mass is 366 g/mol. The molecule has 7 heteroatoms. The number of nitrogens with zero attached hydrogens (tertiary/aromatic N) is 4. The van der Waals surface area contributed by atoms with E-state index in [1.54, 1.807) is 12.4 Å². The van der Waals surface area contributed by atoms with Crippen LogP contribution in [0.25, 0.3) is 0 Å². The molecule has 3 aliphatic rings. The van der Waals surface area contributed by atoms with Gasteiger partial charge in [0.1, 0.15) is 0 Å². The number of aromatic nitrogens is 2. The second-order valence-electron chi connectivity index (χ2n) is 7.20. The third-order valence-corrected chi connectivity index (χ3v) is 5.64. The van der Waals surface area contributed by atoms with E-state index < -0.39 is 5.79 Å². The number of hydrogen-bond donors (Lipinski definition) is 0. The first-order valence-electron chi connectivity index (χ1n) is 9.49. The average molecular weight is 366 g/mol. The quantitative estimate of drug-likeness (QED) is 0.810. The van der Waals surface area contributed by atoms with Crippen molar-refractivity contribution in [3.05, 3.63) is 47.8 Å². The van der Waals surface area contributed by atoms with Gasteiger partial charge < -0.3 is 19.3 Å². The highest BCUT2D eigenvalue weighted by molar-refractivity contribution is 6.06. The first kappa shape index (κ1) is 16.6. The largest absolute Gasteiger partial charge is 0.347 e. The number of benzene rings is 1. The fourth-order valence-corrected chi connectivity index (χ4v) is 4.13. The smallest absolute Gasteiger partial charge is 0.261 e. The maximum atomic E-state index is 12.9. The molecule has 1 aromatic carbocycles. The van der Waals surface area contributed by atoms with E-state index in [0.29, 0.717) is 31.3 Å². The molecule has 0 unspecified atom stereocenters. The normalized spacial score (nSPS) is 20.9. The van der Waals surface area contributed by atoms with Crippen molar-refractivity contribution in [2.75, 3.05) is 42.6 Å². The van der Waals surface area contributed by atoms with Gasteiger partial charge in [-0.15, -0.1) is 0 Å². The van der Waals surface area contributed by atoms with Crippen LogP contribution in [0.4, 0.5) is 11.6 Å². The molecule has 0 saturated carbocycles. The predicted octanol–water partition coefficient (Wildman–Crippen LogP) is 2.02. The van der Waals surface area contributed by atoms with Crippen LogP contribution >= 0.6 is 0 Å². The molecule has 140 valence electrons. The van der Waals surface area contributed by atoms with Gasteiger partial charge in [0.05, 0.1) is 18.8 Å². The van der Waals surface area contributed by atoms with Gasteiger partial charge in [0.2, 0.25) is 5.95 Å². The van der Waals surface area contributed by atoms with E-state index in [0.717, 1.165) is 38.0 Å². The van der Waals surface area contributed by atoms with Gasteiger partial charge >= 0.3 is 0 Å². The van der Waals surface area contributed by atoms with Gasteiger partial charge in [-0.2, -0.15) is 0 Å². The minimum Gasteiger partial charge on any atom is -0.347 e. The van der Waals surface area contributed by atoms with Crippen molar-refractivity contribution >= 4 is 17.5 Å². The lowest BCUT2D eigenvalue weighted by atomic mass is 10.0. The molecule has 0 radical (unpaired) electrons. The third-order valence-electron chi connectivity index (χ3n) is 5.64. The third kappa shape index (κ3) is 2.96. The van der Waals surface area contributed by atoms with E-state index in [1.807, 2.05) is 23.1 Å².